The van der Waals surface area contributed by atoms with Gasteiger partial charge in [-0.25, -0.2) is 4.98 Å². The fourth-order valence-corrected chi connectivity index (χ4v) is 2.60. The van der Waals surface area contributed by atoms with Crippen molar-refractivity contribution >= 4 is 11.3 Å². The number of rotatable bonds is 3. The third-order valence-corrected chi connectivity index (χ3v) is 3.65. The maximum absolute atomic E-state index is 8.99. The number of hydrogen-bond acceptors (Lipinski definition) is 3. The summed E-state index contributed by atoms with van der Waals surface area (Å²) >= 11 is 1.76. The highest BCUT2D eigenvalue weighted by molar-refractivity contribution is 7.12. The van der Waals surface area contributed by atoms with Crippen molar-refractivity contribution in [1.29, 1.82) is 0 Å². The zero-order chi connectivity index (χ0) is 11.5. The van der Waals surface area contributed by atoms with E-state index in [-0.39, 0.29) is 6.61 Å². The van der Waals surface area contributed by atoms with Crippen molar-refractivity contribution in [2.75, 3.05) is 0 Å². The molecule has 0 spiro atoms. The van der Waals surface area contributed by atoms with Gasteiger partial charge in [-0.3, -0.25) is 0 Å². The van der Waals surface area contributed by atoms with E-state index in [1.807, 2.05) is 31.2 Å². The van der Waals surface area contributed by atoms with Crippen LogP contribution in [0.25, 0.3) is 11.3 Å². The minimum atomic E-state index is 0.0943. The van der Waals surface area contributed by atoms with Gasteiger partial charge in [-0.15, -0.1) is 11.3 Å². The summed E-state index contributed by atoms with van der Waals surface area (Å²) in [5, 5.41) is 10.1. The molecular weight excluding hydrogens is 218 g/mol. The van der Waals surface area contributed by atoms with Crippen LogP contribution >= 0.6 is 11.3 Å². The van der Waals surface area contributed by atoms with Gasteiger partial charge in [0.15, 0.2) is 0 Å². The summed E-state index contributed by atoms with van der Waals surface area (Å²) in [6, 6.07) is 7.95. The van der Waals surface area contributed by atoms with Crippen molar-refractivity contribution in [1.82, 2.24) is 4.98 Å². The van der Waals surface area contributed by atoms with Crippen LogP contribution in [0.3, 0.4) is 0 Å². The smallest absolute Gasteiger partial charge is 0.0904 e. The van der Waals surface area contributed by atoms with Crippen LogP contribution in [0, 0.1) is 6.92 Å². The fourth-order valence-electron chi connectivity index (χ4n) is 1.70. The maximum Gasteiger partial charge on any atom is 0.0904 e. The van der Waals surface area contributed by atoms with Gasteiger partial charge in [0.05, 0.1) is 17.3 Å². The molecule has 0 unspecified atom stereocenters. The van der Waals surface area contributed by atoms with Gasteiger partial charge in [0, 0.05) is 10.4 Å². The van der Waals surface area contributed by atoms with Gasteiger partial charge in [0.1, 0.15) is 0 Å². The summed E-state index contributed by atoms with van der Waals surface area (Å²) in [7, 11) is 0. The highest BCUT2D eigenvalue weighted by Crippen LogP contribution is 2.28. The van der Waals surface area contributed by atoms with E-state index in [1.165, 1.54) is 4.88 Å². The lowest BCUT2D eigenvalue weighted by Crippen LogP contribution is -1.86. The summed E-state index contributed by atoms with van der Waals surface area (Å²) in [5.74, 6) is 0. The van der Waals surface area contributed by atoms with Crippen molar-refractivity contribution in [2.24, 2.45) is 0 Å². The van der Waals surface area contributed by atoms with Crippen LogP contribution < -0.4 is 0 Å². The van der Waals surface area contributed by atoms with E-state index < -0.39 is 0 Å². The van der Waals surface area contributed by atoms with Gasteiger partial charge in [-0.2, -0.15) is 0 Å². The number of nitrogens with zero attached hydrogens (tertiary/aromatic N) is 1. The molecule has 0 saturated carbocycles. The predicted molar refractivity (Wildman–Crippen MR) is 67.6 cm³/mol. The van der Waals surface area contributed by atoms with Crippen LogP contribution in [0.2, 0.25) is 0 Å². The molecule has 16 heavy (non-hydrogen) atoms. The Labute approximate surface area is 99.6 Å². The monoisotopic (exact) mass is 233 g/mol. The van der Waals surface area contributed by atoms with E-state index >= 15 is 0 Å². The van der Waals surface area contributed by atoms with Gasteiger partial charge in [0.25, 0.3) is 0 Å². The summed E-state index contributed by atoms with van der Waals surface area (Å²) in [4.78, 5) is 5.89. The van der Waals surface area contributed by atoms with Crippen molar-refractivity contribution in [3.05, 3.63) is 39.7 Å². The van der Waals surface area contributed by atoms with E-state index in [9.17, 15) is 0 Å². The molecule has 2 rings (SSSR count). The van der Waals surface area contributed by atoms with E-state index in [1.54, 1.807) is 11.3 Å². The standard InChI is InChI=1S/C13H15NOS/c1-3-12-13(14-9(2)16-12)11-6-4-10(8-15)5-7-11/h4-7,15H,3,8H2,1-2H3. The zero-order valence-corrected chi connectivity index (χ0v) is 10.3. The molecule has 1 aromatic carbocycles. The summed E-state index contributed by atoms with van der Waals surface area (Å²) < 4.78 is 0. The average molecular weight is 233 g/mol. The maximum atomic E-state index is 8.99. The lowest BCUT2D eigenvalue weighted by molar-refractivity contribution is 0.282. The number of thiazole rings is 1. The Balaban J connectivity index is 2.41. The molecule has 1 heterocycles. The Morgan fingerprint density at radius 3 is 2.50 bits per heavy atom. The Morgan fingerprint density at radius 1 is 1.25 bits per heavy atom. The minimum Gasteiger partial charge on any atom is -0.392 e. The highest BCUT2D eigenvalue weighted by atomic mass is 32.1. The van der Waals surface area contributed by atoms with Crippen molar-refractivity contribution in [3.63, 3.8) is 0 Å². The molecular formula is C13H15NOS. The molecule has 0 aliphatic rings. The van der Waals surface area contributed by atoms with Gasteiger partial charge in [0.2, 0.25) is 0 Å². The predicted octanol–water partition coefficient (Wildman–Crippen LogP) is 3.17. The van der Waals surface area contributed by atoms with E-state index in [0.29, 0.717) is 0 Å². The molecule has 0 aliphatic carbocycles. The van der Waals surface area contributed by atoms with Crippen molar-refractivity contribution in [3.8, 4) is 11.3 Å². The molecule has 0 fully saturated rings. The first-order chi connectivity index (χ1) is 7.74. The van der Waals surface area contributed by atoms with Gasteiger partial charge >= 0.3 is 0 Å². The molecule has 3 heteroatoms. The number of aliphatic hydroxyl groups is 1. The van der Waals surface area contributed by atoms with Gasteiger partial charge < -0.3 is 5.11 Å². The normalized spacial score (nSPS) is 10.7. The van der Waals surface area contributed by atoms with Crippen LogP contribution in [0.5, 0.6) is 0 Å². The molecule has 2 nitrogen and oxygen atoms in total. The molecule has 0 atom stereocenters. The number of hydrogen-bond donors (Lipinski definition) is 1. The number of benzene rings is 1. The third-order valence-electron chi connectivity index (χ3n) is 2.54. The van der Waals surface area contributed by atoms with Gasteiger partial charge in [-0.1, -0.05) is 31.2 Å². The first-order valence-electron chi connectivity index (χ1n) is 5.41. The first kappa shape index (κ1) is 11.3. The highest BCUT2D eigenvalue weighted by Gasteiger charge is 2.09. The molecule has 0 saturated heterocycles. The Morgan fingerprint density at radius 2 is 1.94 bits per heavy atom. The second-order valence-electron chi connectivity index (χ2n) is 3.71. The number of aromatic nitrogens is 1. The molecule has 0 bridgehead atoms. The molecule has 1 N–H and O–H groups in total. The molecule has 2 aromatic rings. The third kappa shape index (κ3) is 2.15. The molecule has 1 aromatic heterocycles. The Hall–Kier alpha value is -1.19. The van der Waals surface area contributed by atoms with Crippen LogP contribution in [0.1, 0.15) is 22.4 Å². The lowest BCUT2D eigenvalue weighted by Gasteiger charge is -2.01. The summed E-state index contributed by atoms with van der Waals surface area (Å²) in [6.45, 7) is 4.28. The van der Waals surface area contributed by atoms with Crippen LogP contribution in [0.15, 0.2) is 24.3 Å². The van der Waals surface area contributed by atoms with E-state index in [4.69, 9.17) is 5.11 Å². The quantitative estimate of drug-likeness (QED) is 0.883. The minimum absolute atomic E-state index is 0.0943. The Kier molecular flexibility index (Phi) is 3.36. The fraction of sp³-hybridized carbons (Fsp3) is 0.308. The van der Waals surface area contributed by atoms with E-state index in [2.05, 4.69) is 11.9 Å². The van der Waals surface area contributed by atoms with Crippen molar-refractivity contribution < 1.29 is 5.11 Å². The molecule has 0 amide bonds. The first-order valence-corrected chi connectivity index (χ1v) is 6.22. The summed E-state index contributed by atoms with van der Waals surface area (Å²) in [5.41, 5.74) is 3.17. The van der Waals surface area contributed by atoms with Crippen molar-refractivity contribution in [2.45, 2.75) is 26.9 Å². The number of aryl methyl sites for hydroxylation is 2. The molecule has 0 aliphatic heterocycles. The molecule has 0 radical (unpaired) electrons. The van der Waals surface area contributed by atoms with Crippen LogP contribution in [-0.4, -0.2) is 10.1 Å². The van der Waals surface area contributed by atoms with Gasteiger partial charge in [-0.05, 0) is 18.9 Å². The zero-order valence-electron chi connectivity index (χ0n) is 9.53. The molecule has 84 valence electrons. The van der Waals surface area contributed by atoms with Crippen LogP contribution in [0.4, 0.5) is 0 Å². The summed E-state index contributed by atoms with van der Waals surface area (Å²) in [6.07, 6.45) is 1.02. The second-order valence-corrected chi connectivity index (χ2v) is 5.00. The Bertz CT molecular complexity index is 473. The largest absolute Gasteiger partial charge is 0.392 e. The van der Waals surface area contributed by atoms with E-state index in [0.717, 1.165) is 28.2 Å². The number of aliphatic hydroxyl groups excluding tert-OH is 1. The second kappa shape index (κ2) is 4.76. The lowest BCUT2D eigenvalue weighted by atomic mass is 10.1. The topological polar surface area (TPSA) is 33.1 Å². The van der Waals surface area contributed by atoms with Crippen LogP contribution in [-0.2, 0) is 13.0 Å². The average Bonchev–Trinajstić information content (AvgIpc) is 2.70. The SMILES string of the molecule is CCc1sc(C)nc1-c1ccc(CO)cc1.